The van der Waals surface area contributed by atoms with Crippen molar-refractivity contribution in [3.8, 4) is 97.3 Å². The minimum absolute atomic E-state index is 0.175. The average Bonchev–Trinajstić information content (AvgIpc) is 3.61. The molecule has 2 aliphatic rings. The number of benzene rings is 9. The van der Waals surface area contributed by atoms with Crippen molar-refractivity contribution < 1.29 is 4.74 Å². The third kappa shape index (κ3) is 8.13. The molecule has 0 bridgehead atoms. The monoisotopic (exact) mass is 991 g/mol. The Morgan fingerprint density at radius 3 is 1.26 bits per heavy atom. The van der Waals surface area contributed by atoms with Crippen LogP contribution in [0.1, 0.15) is 54.2 Å². The lowest BCUT2D eigenvalue weighted by Crippen LogP contribution is -2.34. The Morgan fingerprint density at radius 1 is 0.377 bits per heavy atom. The summed E-state index contributed by atoms with van der Waals surface area (Å²) in [6, 6.07) is 77.2. The van der Waals surface area contributed by atoms with Gasteiger partial charge in [-0.2, -0.15) is 10.5 Å². The smallest absolute Gasteiger partial charge is 0.164 e. The summed E-state index contributed by atoms with van der Waals surface area (Å²) >= 11 is 0. The van der Waals surface area contributed by atoms with Crippen molar-refractivity contribution in [3.05, 3.63) is 252 Å². The Labute approximate surface area is 446 Å². The minimum Gasteiger partial charge on any atom is -0.477 e. The molecule has 10 heteroatoms. The summed E-state index contributed by atoms with van der Waals surface area (Å²) in [7, 11) is 0. The highest BCUT2D eigenvalue weighted by molar-refractivity contribution is 5.87. The van der Waals surface area contributed by atoms with Gasteiger partial charge in [-0.15, -0.1) is 0 Å². The Bertz CT molecular complexity index is 4140. The second-order valence-electron chi connectivity index (χ2n) is 19.9. The molecule has 10 nitrogen and oxygen atoms in total. The molecule has 2 aromatic heterocycles. The minimum atomic E-state index is -0.964. The first-order valence-electron chi connectivity index (χ1n) is 25.4. The maximum absolute atomic E-state index is 9.66. The van der Waals surface area contributed by atoms with E-state index in [0.717, 1.165) is 72.7 Å². The molecule has 0 N–H and O–H groups in total. The molecule has 0 aliphatic carbocycles. The third-order valence-corrected chi connectivity index (χ3v) is 14.8. The zero-order chi connectivity index (χ0) is 52.3. The third-order valence-electron chi connectivity index (χ3n) is 14.8. The van der Waals surface area contributed by atoms with Crippen LogP contribution in [-0.4, -0.2) is 29.9 Å². The summed E-state index contributed by atoms with van der Waals surface area (Å²) in [5.41, 5.74) is 14.3. The second kappa shape index (κ2) is 18.5. The van der Waals surface area contributed by atoms with Crippen molar-refractivity contribution in [3.63, 3.8) is 0 Å². The van der Waals surface area contributed by atoms with Crippen molar-refractivity contribution in [2.75, 3.05) is 4.90 Å². The van der Waals surface area contributed by atoms with Gasteiger partial charge in [0.1, 0.15) is 5.75 Å². The fourth-order valence-electron chi connectivity index (χ4n) is 10.7. The molecule has 11 aromatic rings. The summed E-state index contributed by atoms with van der Waals surface area (Å²) in [5, 5.41) is 19.2. The summed E-state index contributed by atoms with van der Waals surface area (Å²) in [6.45, 7) is 6.68. The van der Waals surface area contributed by atoms with Crippen LogP contribution in [0, 0.1) is 22.7 Å². The molecule has 364 valence electrons. The Kier molecular flexibility index (Phi) is 11.1. The van der Waals surface area contributed by atoms with Gasteiger partial charge in [-0.3, -0.25) is 0 Å². The Morgan fingerprint density at radius 2 is 0.766 bits per heavy atom. The number of aromatic nitrogens is 6. The number of para-hydroxylation sites is 2. The highest BCUT2D eigenvalue weighted by Gasteiger charge is 2.40. The number of hydrogen-bond donors (Lipinski definition) is 0. The van der Waals surface area contributed by atoms with E-state index in [4.69, 9.17) is 34.6 Å². The van der Waals surface area contributed by atoms with E-state index in [1.165, 1.54) is 11.1 Å². The second-order valence-corrected chi connectivity index (χ2v) is 19.9. The van der Waals surface area contributed by atoms with E-state index >= 15 is 0 Å². The van der Waals surface area contributed by atoms with E-state index in [1.807, 2.05) is 84.9 Å². The van der Waals surface area contributed by atoms with Crippen LogP contribution in [0.4, 0.5) is 17.1 Å². The number of nitrogens with zero attached hydrogens (tertiary/aromatic N) is 9. The first kappa shape index (κ1) is 46.4. The molecule has 0 saturated heterocycles. The van der Waals surface area contributed by atoms with Crippen LogP contribution in [0.15, 0.2) is 218 Å². The zero-order valence-electron chi connectivity index (χ0n) is 42.2. The van der Waals surface area contributed by atoms with Crippen LogP contribution in [0.25, 0.3) is 79.5 Å². The van der Waals surface area contributed by atoms with E-state index in [9.17, 15) is 10.5 Å². The average molecular weight is 992 g/mol. The molecule has 0 saturated carbocycles. The van der Waals surface area contributed by atoms with Crippen molar-refractivity contribution in [1.29, 1.82) is 10.5 Å². The lowest BCUT2D eigenvalue weighted by Gasteiger charge is -2.42. The number of nitriles is 2. The zero-order valence-corrected chi connectivity index (χ0v) is 42.2. The van der Waals surface area contributed by atoms with Crippen LogP contribution < -0.4 is 9.64 Å². The van der Waals surface area contributed by atoms with E-state index in [2.05, 4.69) is 147 Å². The molecule has 9 aromatic carbocycles. The lowest BCUT2D eigenvalue weighted by atomic mass is 9.73. The number of fused-ring (bicyclic) bond motifs is 5. The van der Waals surface area contributed by atoms with Gasteiger partial charge in [0.2, 0.25) is 0 Å². The van der Waals surface area contributed by atoms with Crippen LogP contribution in [0.5, 0.6) is 5.75 Å². The lowest BCUT2D eigenvalue weighted by molar-refractivity contribution is 0.129. The van der Waals surface area contributed by atoms with Crippen LogP contribution >= 0.6 is 0 Å². The van der Waals surface area contributed by atoms with Gasteiger partial charge in [0.25, 0.3) is 0 Å². The van der Waals surface area contributed by atoms with Gasteiger partial charge in [0.05, 0.1) is 34.6 Å². The van der Waals surface area contributed by atoms with Gasteiger partial charge in [-0.25, -0.2) is 29.9 Å². The fourth-order valence-corrected chi connectivity index (χ4v) is 10.7. The topological polar surface area (TPSA) is 137 Å². The summed E-state index contributed by atoms with van der Waals surface area (Å²) < 4.78 is 7.30. The quantitative estimate of drug-likeness (QED) is 0.145. The fraction of sp³-hybridized carbons (Fsp3) is 0.0746. The standard InChI is InChI=1S/C67H45N9O/c1-66(2)54-18-10-12-20-57(54)76(58-21-13-11-19-55(58)66)51-34-30-47(31-35-51)63-71-62(46-28-24-43(41-69)25-29-46)74-65(75-63)49-33-37-53-52-36-32-48(38-56(52)67(3,77-59(53)39-49)50-16-8-5-9-17-50)64-72-60(44-14-6-4-7-15-44)70-61(73-64)45-26-22-42(40-68)23-27-45/h4-39H,1-3H3. The molecular weight excluding hydrogens is 947 g/mol. The molecule has 13 rings (SSSR count). The van der Waals surface area contributed by atoms with Crippen molar-refractivity contribution in [1.82, 2.24) is 29.9 Å². The van der Waals surface area contributed by atoms with Gasteiger partial charge in [0, 0.05) is 55.6 Å². The van der Waals surface area contributed by atoms with Gasteiger partial charge in [-0.1, -0.05) is 129 Å². The first-order chi connectivity index (χ1) is 37.6. The normalized spacial score (nSPS) is 14.6. The summed E-state index contributed by atoms with van der Waals surface area (Å²) in [4.78, 5) is 32.7. The Balaban J connectivity index is 0.917. The Hall–Kier alpha value is -10.4. The first-order valence-corrected chi connectivity index (χ1v) is 25.4. The van der Waals surface area contributed by atoms with Gasteiger partial charge in [-0.05, 0) is 132 Å². The van der Waals surface area contributed by atoms with Crippen LogP contribution in [-0.2, 0) is 11.0 Å². The van der Waals surface area contributed by atoms with E-state index in [1.54, 1.807) is 24.3 Å². The predicted octanol–water partition coefficient (Wildman–Crippen LogP) is 15.2. The van der Waals surface area contributed by atoms with Gasteiger partial charge in [0.15, 0.2) is 40.5 Å². The highest BCUT2D eigenvalue weighted by atomic mass is 16.5. The number of anilines is 3. The van der Waals surface area contributed by atoms with Crippen molar-refractivity contribution >= 4 is 17.1 Å². The van der Waals surface area contributed by atoms with Gasteiger partial charge < -0.3 is 9.64 Å². The van der Waals surface area contributed by atoms with Crippen LogP contribution in [0.2, 0.25) is 0 Å². The maximum Gasteiger partial charge on any atom is 0.164 e. The van der Waals surface area contributed by atoms with Crippen molar-refractivity contribution in [2.45, 2.75) is 31.8 Å². The molecule has 77 heavy (non-hydrogen) atoms. The summed E-state index contributed by atoms with van der Waals surface area (Å²) in [6.07, 6.45) is 0. The number of hydrogen-bond acceptors (Lipinski definition) is 10. The van der Waals surface area contributed by atoms with E-state index in [0.29, 0.717) is 51.8 Å². The molecule has 4 heterocycles. The van der Waals surface area contributed by atoms with Crippen LogP contribution in [0.3, 0.4) is 0 Å². The largest absolute Gasteiger partial charge is 0.477 e. The SMILES string of the molecule is CC1(C)c2ccccc2N(c2ccc(-c3nc(-c4ccc(C#N)cc4)nc(-c4ccc5c(c4)OC(C)(c4ccccc4)c4cc(-c6nc(-c7ccccc7)nc(-c7ccc(C#N)cc7)n6)ccc4-5)n3)cc2)c2ccccc21. The predicted molar refractivity (Wildman–Crippen MR) is 301 cm³/mol. The molecule has 0 spiro atoms. The molecule has 0 amide bonds. The molecular formula is C67H45N9O. The van der Waals surface area contributed by atoms with E-state index < -0.39 is 5.60 Å². The summed E-state index contributed by atoms with van der Waals surface area (Å²) in [5.74, 6) is 3.64. The molecule has 1 atom stereocenters. The molecule has 0 radical (unpaired) electrons. The number of rotatable bonds is 8. The highest BCUT2D eigenvalue weighted by Crippen LogP contribution is 2.53. The van der Waals surface area contributed by atoms with Crippen molar-refractivity contribution in [2.24, 2.45) is 0 Å². The molecule has 2 aliphatic heterocycles. The van der Waals surface area contributed by atoms with E-state index in [-0.39, 0.29) is 5.41 Å². The maximum atomic E-state index is 9.66. The van der Waals surface area contributed by atoms with Gasteiger partial charge >= 0.3 is 0 Å². The molecule has 0 fully saturated rings. The number of ether oxygens (including phenoxy) is 1. The molecule has 1 unspecified atom stereocenters.